The van der Waals surface area contributed by atoms with Crippen LogP contribution in [0.25, 0.3) is 22.2 Å². The van der Waals surface area contributed by atoms with Gasteiger partial charge in [0, 0.05) is 18.7 Å². The SMILES string of the molecule is Cn1cnc2cc(-c3ccc([N]S(=O)(=O)CCO)cc3)nc(NC3CC3)c2c1=O. The van der Waals surface area contributed by atoms with E-state index in [1.807, 2.05) is 0 Å². The number of aryl methyl sites for hydroxylation is 1. The molecule has 1 aliphatic rings. The van der Waals surface area contributed by atoms with E-state index in [0.29, 0.717) is 28.5 Å². The second kappa shape index (κ2) is 7.45. The molecule has 151 valence electrons. The van der Waals surface area contributed by atoms with Crippen LogP contribution in [0.5, 0.6) is 0 Å². The van der Waals surface area contributed by atoms with E-state index in [4.69, 9.17) is 5.11 Å². The summed E-state index contributed by atoms with van der Waals surface area (Å²) in [5, 5.41) is 12.6. The van der Waals surface area contributed by atoms with Crippen LogP contribution < -0.4 is 15.6 Å². The zero-order valence-corrected chi connectivity index (χ0v) is 16.6. The highest BCUT2D eigenvalue weighted by Gasteiger charge is 2.24. The van der Waals surface area contributed by atoms with Crippen LogP contribution in [-0.2, 0) is 17.1 Å². The molecule has 0 bridgehead atoms. The Balaban J connectivity index is 1.72. The Morgan fingerprint density at radius 1 is 1.28 bits per heavy atom. The molecule has 1 aromatic carbocycles. The lowest BCUT2D eigenvalue weighted by molar-refractivity contribution is 0.319. The number of nitrogens with one attached hydrogen (secondary N) is 1. The normalized spacial score (nSPS) is 14.1. The van der Waals surface area contributed by atoms with E-state index in [-0.39, 0.29) is 11.2 Å². The Morgan fingerprint density at radius 2 is 2.00 bits per heavy atom. The summed E-state index contributed by atoms with van der Waals surface area (Å²) >= 11 is 0. The zero-order chi connectivity index (χ0) is 20.6. The van der Waals surface area contributed by atoms with E-state index >= 15 is 0 Å². The van der Waals surface area contributed by atoms with E-state index in [0.717, 1.165) is 18.4 Å². The van der Waals surface area contributed by atoms with Crippen LogP contribution in [0.15, 0.2) is 41.5 Å². The molecule has 2 aromatic heterocycles. The third-order valence-corrected chi connectivity index (χ3v) is 5.77. The quantitative estimate of drug-likeness (QED) is 0.593. The smallest absolute Gasteiger partial charge is 0.264 e. The van der Waals surface area contributed by atoms with Crippen molar-refractivity contribution in [3.05, 3.63) is 47.0 Å². The minimum atomic E-state index is -3.71. The molecule has 9 nitrogen and oxygen atoms in total. The number of aromatic nitrogens is 3. The van der Waals surface area contributed by atoms with Crippen LogP contribution in [0.4, 0.5) is 11.5 Å². The Morgan fingerprint density at radius 3 is 2.66 bits per heavy atom. The lowest BCUT2D eigenvalue weighted by atomic mass is 10.1. The van der Waals surface area contributed by atoms with E-state index in [2.05, 4.69) is 20.0 Å². The molecule has 1 aliphatic carbocycles. The molecule has 29 heavy (non-hydrogen) atoms. The van der Waals surface area contributed by atoms with Crippen LogP contribution in [0, 0.1) is 0 Å². The first kappa shape index (κ1) is 19.3. The van der Waals surface area contributed by atoms with Gasteiger partial charge in [0.1, 0.15) is 11.2 Å². The summed E-state index contributed by atoms with van der Waals surface area (Å²) in [6.07, 6.45) is 3.54. The average Bonchev–Trinajstić information content (AvgIpc) is 3.49. The molecule has 4 rings (SSSR count). The van der Waals surface area contributed by atoms with E-state index in [9.17, 15) is 13.2 Å². The number of sulfonamides is 1. The highest BCUT2D eigenvalue weighted by molar-refractivity contribution is 7.89. The van der Waals surface area contributed by atoms with Gasteiger partial charge in [-0.15, -0.1) is 0 Å². The second-order valence-corrected chi connectivity index (χ2v) is 8.73. The predicted molar refractivity (Wildman–Crippen MR) is 110 cm³/mol. The van der Waals surface area contributed by atoms with Crippen LogP contribution in [0.1, 0.15) is 12.8 Å². The molecule has 1 fully saturated rings. The number of aliphatic hydroxyl groups is 1. The standard InChI is InChI=1S/C19H20N5O4S/c1-24-11-20-16-10-15(22-18(17(16)19(24)26)21-13-6-7-13)12-2-4-14(5-3-12)23-29(27,28)9-8-25/h2-5,10-11,13,25H,6-9H2,1H3,(H,21,22). The number of hydrogen-bond donors (Lipinski definition) is 2. The average molecular weight is 414 g/mol. The van der Waals surface area contributed by atoms with Gasteiger partial charge in [0.2, 0.25) is 0 Å². The molecular weight excluding hydrogens is 394 g/mol. The van der Waals surface area contributed by atoms with Crippen LogP contribution in [0.2, 0.25) is 0 Å². The van der Waals surface area contributed by atoms with E-state index < -0.39 is 22.4 Å². The summed E-state index contributed by atoms with van der Waals surface area (Å²) in [5.41, 5.74) is 2.00. The largest absolute Gasteiger partial charge is 0.395 e. The Hall–Kier alpha value is -2.98. The van der Waals surface area contributed by atoms with Gasteiger partial charge in [0.05, 0.1) is 35.6 Å². The van der Waals surface area contributed by atoms with Gasteiger partial charge in [-0.25, -0.2) is 18.4 Å². The number of anilines is 1. The van der Waals surface area contributed by atoms with Gasteiger partial charge < -0.3 is 15.0 Å². The number of fused-ring (bicyclic) bond motifs is 1. The van der Waals surface area contributed by atoms with E-state index in [1.54, 1.807) is 37.4 Å². The van der Waals surface area contributed by atoms with Crippen molar-refractivity contribution in [1.82, 2.24) is 19.3 Å². The van der Waals surface area contributed by atoms with Gasteiger partial charge >= 0.3 is 0 Å². The minimum Gasteiger partial charge on any atom is -0.395 e. The molecule has 2 heterocycles. The Kier molecular flexibility index (Phi) is 4.97. The monoisotopic (exact) mass is 414 g/mol. The first-order valence-corrected chi connectivity index (χ1v) is 10.8. The van der Waals surface area contributed by atoms with Gasteiger partial charge in [-0.1, -0.05) is 12.1 Å². The van der Waals surface area contributed by atoms with Crippen molar-refractivity contribution in [3.8, 4) is 11.3 Å². The summed E-state index contributed by atoms with van der Waals surface area (Å²) in [6.45, 7) is -0.478. The van der Waals surface area contributed by atoms with Crippen molar-refractivity contribution in [3.63, 3.8) is 0 Å². The van der Waals surface area contributed by atoms with Crippen molar-refractivity contribution in [2.45, 2.75) is 18.9 Å². The highest BCUT2D eigenvalue weighted by Crippen LogP contribution is 2.30. The lowest BCUT2D eigenvalue weighted by Gasteiger charge is -2.11. The third kappa shape index (κ3) is 4.22. The number of benzene rings is 1. The maximum atomic E-state index is 12.6. The molecule has 0 aliphatic heterocycles. The number of pyridine rings is 1. The Labute approximate surface area is 167 Å². The topological polar surface area (TPSA) is 128 Å². The lowest BCUT2D eigenvalue weighted by Crippen LogP contribution is -2.19. The molecule has 10 heteroatoms. The predicted octanol–water partition coefficient (Wildman–Crippen LogP) is 1.13. The van der Waals surface area contributed by atoms with Crippen molar-refractivity contribution >= 4 is 32.4 Å². The van der Waals surface area contributed by atoms with Gasteiger partial charge in [-0.2, -0.15) is 4.72 Å². The van der Waals surface area contributed by atoms with Gasteiger partial charge in [0.25, 0.3) is 15.6 Å². The maximum Gasteiger partial charge on any atom is 0.264 e. The van der Waals surface area contributed by atoms with Crippen LogP contribution >= 0.6 is 0 Å². The summed E-state index contributed by atoms with van der Waals surface area (Å²) < 4.78 is 28.6. The zero-order valence-electron chi connectivity index (χ0n) is 15.7. The fraction of sp³-hybridized carbons (Fsp3) is 0.316. The first-order valence-electron chi connectivity index (χ1n) is 9.16. The van der Waals surface area contributed by atoms with Crippen molar-refractivity contribution in [2.24, 2.45) is 7.05 Å². The highest BCUT2D eigenvalue weighted by atomic mass is 32.2. The summed E-state index contributed by atoms with van der Waals surface area (Å²) in [4.78, 5) is 21.6. The van der Waals surface area contributed by atoms with E-state index in [1.165, 1.54) is 10.9 Å². The minimum absolute atomic E-state index is 0.166. The van der Waals surface area contributed by atoms with Crippen molar-refractivity contribution < 1.29 is 13.5 Å². The fourth-order valence-electron chi connectivity index (χ4n) is 2.91. The molecule has 3 aromatic rings. The number of aliphatic hydroxyl groups excluding tert-OH is 1. The van der Waals surface area contributed by atoms with Crippen LogP contribution in [-0.4, -0.2) is 46.5 Å². The van der Waals surface area contributed by atoms with Gasteiger partial charge in [0.15, 0.2) is 0 Å². The third-order valence-electron chi connectivity index (χ3n) is 4.58. The summed E-state index contributed by atoms with van der Waals surface area (Å²) in [5.74, 6) is 0.0886. The fourth-order valence-corrected chi connectivity index (χ4v) is 3.67. The van der Waals surface area contributed by atoms with Crippen LogP contribution in [0.3, 0.4) is 0 Å². The molecule has 2 N–H and O–H groups in total. The molecule has 0 amide bonds. The molecule has 1 saturated carbocycles. The first-order chi connectivity index (χ1) is 13.9. The number of rotatable bonds is 7. The second-order valence-electron chi connectivity index (χ2n) is 6.98. The number of nitrogens with zero attached hydrogens (tertiary/aromatic N) is 4. The van der Waals surface area contributed by atoms with Crippen molar-refractivity contribution in [2.75, 3.05) is 17.7 Å². The molecule has 0 spiro atoms. The van der Waals surface area contributed by atoms with Gasteiger partial charge in [-0.3, -0.25) is 4.79 Å². The Bertz CT molecular complexity index is 1220. The molecule has 1 radical (unpaired) electrons. The summed E-state index contributed by atoms with van der Waals surface area (Å²) in [7, 11) is -2.06. The number of hydrogen-bond acceptors (Lipinski definition) is 7. The summed E-state index contributed by atoms with van der Waals surface area (Å²) in [6, 6.07) is 8.61. The molecule has 0 unspecified atom stereocenters. The van der Waals surface area contributed by atoms with Crippen molar-refractivity contribution in [1.29, 1.82) is 0 Å². The molecule has 0 atom stereocenters. The maximum absolute atomic E-state index is 12.6. The molecular formula is C19H20N5O4S. The molecule has 0 saturated heterocycles. The van der Waals surface area contributed by atoms with Gasteiger partial charge in [-0.05, 0) is 31.0 Å².